The quantitative estimate of drug-likeness (QED) is 0.0792. The largest absolute Gasteiger partial charge is 0.485 e. The van der Waals surface area contributed by atoms with Crippen LogP contribution in [0.4, 0.5) is 27.5 Å². The van der Waals surface area contributed by atoms with Crippen LogP contribution >= 0.6 is 0 Å². The Morgan fingerprint density at radius 2 is 1.90 bits per heavy atom. The van der Waals surface area contributed by atoms with Crippen LogP contribution in [0.1, 0.15) is 32.3 Å². The molecule has 19 heteroatoms. The minimum absolute atomic E-state index is 0.149. The van der Waals surface area contributed by atoms with Crippen molar-refractivity contribution in [2.24, 2.45) is 7.05 Å². The normalized spacial score (nSPS) is 16.5. The first-order valence-electron chi connectivity index (χ1n) is 19.9. The molecule has 2 saturated heterocycles. The molecule has 7 aromatic rings. The van der Waals surface area contributed by atoms with Gasteiger partial charge < -0.3 is 30.4 Å². The highest BCUT2D eigenvalue weighted by Crippen LogP contribution is 2.38. The maximum absolute atomic E-state index is 15.5. The van der Waals surface area contributed by atoms with Crippen molar-refractivity contribution in [3.05, 3.63) is 90.8 Å². The molecule has 17 nitrogen and oxygen atoms in total. The number of halogens is 1. The predicted octanol–water partition coefficient (Wildman–Crippen LogP) is 5.06. The number of hydrogen-bond acceptors (Lipinski definition) is 13. The summed E-state index contributed by atoms with van der Waals surface area (Å²) in [7, 11) is 2.29. The van der Waals surface area contributed by atoms with Crippen molar-refractivity contribution in [2.45, 2.75) is 61.2 Å². The van der Waals surface area contributed by atoms with E-state index in [1.165, 1.54) is 22.6 Å². The fourth-order valence-electron chi connectivity index (χ4n) is 7.85. The van der Waals surface area contributed by atoms with Gasteiger partial charge in [0.25, 0.3) is 0 Å². The number of anilines is 4. The Morgan fingerprint density at radius 3 is 2.62 bits per heavy atom. The number of piperazine rings is 1. The summed E-state index contributed by atoms with van der Waals surface area (Å²) in [5.41, 5.74) is 5.28. The molecular weight excluding hydrogens is 802 g/mol. The molecule has 9 rings (SSSR count). The van der Waals surface area contributed by atoms with E-state index in [2.05, 4.69) is 80.4 Å². The van der Waals surface area contributed by atoms with E-state index >= 15 is 4.39 Å². The van der Waals surface area contributed by atoms with Crippen LogP contribution in [0.2, 0.25) is 0 Å². The molecule has 6 heterocycles. The van der Waals surface area contributed by atoms with Crippen molar-refractivity contribution in [1.29, 1.82) is 0 Å². The topological polar surface area (TPSA) is 193 Å². The van der Waals surface area contributed by atoms with Gasteiger partial charge in [0, 0.05) is 91.4 Å². The van der Waals surface area contributed by atoms with Gasteiger partial charge in [-0.3, -0.25) is 19.5 Å². The Bertz CT molecular complexity index is 2700. The molecule has 2 aliphatic rings. The van der Waals surface area contributed by atoms with Gasteiger partial charge in [-0.05, 0) is 74.4 Å². The number of H-pyrrole nitrogens is 1. The first-order valence-corrected chi connectivity index (χ1v) is 21.0. The van der Waals surface area contributed by atoms with E-state index in [1.807, 2.05) is 50.8 Å². The molecule has 0 aliphatic carbocycles. The van der Waals surface area contributed by atoms with Crippen molar-refractivity contribution < 1.29 is 22.9 Å². The summed E-state index contributed by atoms with van der Waals surface area (Å²) in [5.74, 6) is 0.907. The number of aromatic nitrogens is 8. The van der Waals surface area contributed by atoms with Crippen LogP contribution in [0.5, 0.6) is 5.75 Å². The molecule has 61 heavy (non-hydrogen) atoms. The van der Waals surface area contributed by atoms with Gasteiger partial charge >= 0.3 is 0 Å². The van der Waals surface area contributed by atoms with Gasteiger partial charge in [0.15, 0.2) is 11.6 Å². The maximum atomic E-state index is 15.5. The SMILES string of the molecule is CNc1nn(C)c2cc(N3CC4CC3CN4Cc3cccc(S(=O)c4ccc(Nc5nc6c(OC(C)C)c(-c7cn[nH]c7)ncn6n5)c(F)c4)c3)ccc12.O=CCCNC=O. The van der Waals surface area contributed by atoms with Gasteiger partial charge in [0.05, 0.1) is 34.3 Å². The minimum Gasteiger partial charge on any atom is -0.485 e. The lowest BCUT2D eigenvalue weighted by molar-refractivity contribution is -0.110. The van der Waals surface area contributed by atoms with Crippen molar-refractivity contribution in [3.63, 3.8) is 0 Å². The number of carbonyl (C=O) groups excluding carboxylic acids is 2. The monoisotopic (exact) mass is 847 g/mol. The number of aldehydes is 1. The zero-order chi connectivity index (χ0) is 42.6. The molecular formula is C42H46FN13O4S. The van der Waals surface area contributed by atoms with E-state index in [-0.39, 0.29) is 17.7 Å². The summed E-state index contributed by atoms with van der Waals surface area (Å²) in [6, 6.07) is 19.8. The molecule has 0 spiro atoms. The smallest absolute Gasteiger partial charge is 0.247 e. The summed E-state index contributed by atoms with van der Waals surface area (Å²) in [6.45, 7) is 6.94. The third kappa shape index (κ3) is 8.64. The fraction of sp³-hybridized carbons (Fsp3) is 0.310. The second-order valence-electron chi connectivity index (χ2n) is 15.0. The van der Waals surface area contributed by atoms with Gasteiger partial charge in [0.1, 0.15) is 24.1 Å². The van der Waals surface area contributed by atoms with Crippen LogP contribution in [0.3, 0.4) is 0 Å². The number of benzene rings is 3. The number of amides is 1. The summed E-state index contributed by atoms with van der Waals surface area (Å²) in [6.07, 6.45) is 7.57. The van der Waals surface area contributed by atoms with Crippen LogP contribution in [0.25, 0.3) is 27.8 Å². The summed E-state index contributed by atoms with van der Waals surface area (Å²) < 4.78 is 38.8. The Balaban J connectivity index is 0.000000678. The molecule has 0 radical (unpaired) electrons. The highest BCUT2D eigenvalue weighted by atomic mass is 32.2. The lowest BCUT2D eigenvalue weighted by Gasteiger charge is -2.35. The van der Waals surface area contributed by atoms with E-state index in [4.69, 9.17) is 4.74 Å². The molecule has 2 bridgehead atoms. The molecule has 0 saturated carbocycles. The van der Waals surface area contributed by atoms with Crippen LogP contribution in [0.15, 0.2) is 89.2 Å². The molecule has 2 fully saturated rings. The lowest BCUT2D eigenvalue weighted by Crippen LogP contribution is -2.46. The van der Waals surface area contributed by atoms with Crippen LogP contribution in [-0.2, 0) is 34.0 Å². The zero-order valence-corrected chi connectivity index (χ0v) is 34.9. The third-order valence-electron chi connectivity index (χ3n) is 10.6. The molecule has 3 aromatic carbocycles. The summed E-state index contributed by atoms with van der Waals surface area (Å²) >= 11 is 0. The van der Waals surface area contributed by atoms with Gasteiger partial charge in [-0.1, -0.05) is 12.1 Å². The number of carbonyl (C=O) groups is 2. The molecule has 3 unspecified atom stereocenters. The number of hydrogen-bond donors (Lipinski definition) is 4. The van der Waals surface area contributed by atoms with Gasteiger partial charge in [-0.15, -0.1) is 5.10 Å². The first-order chi connectivity index (χ1) is 29.6. The van der Waals surface area contributed by atoms with Gasteiger partial charge in [-0.2, -0.15) is 19.7 Å². The van der Waals surface area contributed by atoms with Gasteiger partial charge in [-0.25, -0.2) is 13.6 Å². The van der Waals surface area contributed by atoms with Crippen LogP contribution in [0, 0.1) is 5.82 Å². The number of nitrogens with one attached hydrogen (secondary N) is 4. The van der Waals surface area contributed by atoms with Crippen molar-refractivity contribution in [1.82, 2.24) is 49.8 Å². The Hall–Kier alpha value is -6.73. The number of fused-ring (bicyclic) bond motifs is 4. The minimum atomic E-state index is -1.58. The van der Waals surface area contributed by atoms with Gasteiger partial charge in [0.2, 0.25) is 18.0 Å². The van der Waals surface area contributed by atoms with E-state index < -0.39 is 16.6 Å². The lowest BCUT2D eigenvalue weighted by atomic mass is 10.1. The van der Waals surface area contributed by atoms with Crippen molar-refractivity contribution in [2.75, 3.05) is 42.2 Å². The number of nitrogens with zero attached hydrogens (tertiary/aromatic N) is 9. The second kappa shape index (κ2) is 17.9. The Labute approximate surface area is 353 Å². The highest BCUT2D eigenvalue weighted by Gasteiger charge is 2.43. The predicted molar refractivity (Wildman–Crippen MR) is 230 cm³/mol. The van der Waals surface area contributed by atoms with E-state index in [0.717, 1.165) is 60.2 Å². The average molecular weight is 848 g/mol. The van der Waals surface area contributed by atoms with E-state index in [9.17, 15) is 13.8 Å². The van der Waals surface area contributed by atoms with Crippen molar-refractivity contribution >= 4 is 63.2 Å². The maximum Gasteiger partial charge on any atom is 0.247 e. The molecule has 3 atom stereocenters. The molecule has 1 amide bonds. The summed E-state index contributed by atoms with van der Waals surface area (Å²) in [4.78, 5) is 34.1. The first kappa shape index (κ1) is 41.0. The van der Waals surface area contributed by atoms with E-state index in [0.29, 0.717) is 58.3 Å². The highest BCUT2D eigenvalue weighted by molar-refractivity contribution is 7.85. The number of ether oxygens (including phenoxy) is 1. The average Bonchev–Trinajstić information content (AvgIpc) is 4.12. The standard InChI is InChI=1S/C38H39FN12O2S.C4H7NO2/c1-22(2)53-35-34(24-16-42-43-17-24)41-21-51-37(35)45-38(47-51)44-32-11-9-29(15-31(32)39)54(52)28-7-5-6-23(12-28)18-49-19-27-13-26(49)20-50(27)25-8-10-30-33(14-25)48(4)46-36(30)40-3;6-3-1-2-5-4-7/h5-12,14-17,21-22,26-27H,13,18-20H2,1-4H3,(H,40,46)(H,42,43)(H,44,47);3-4H,1-2H2,(H,5,7). The molecule has 316 valence electrons. The summed E-state index contributed by atoms with van der Waals surface area (Å²) in [5, 5.41) is 25.4. The fourth-order valence-corrected chi connectivity index (χ4v) is 8.99. The number of likely N-dealkylation sites (tertiary alicyclic amines) is 1. The van der Waals surface area contributed by atoms with E-state index in [1.54, 1.807) is 24.5 Å². The number of aryl methyl sites for hydroxylation is 1. The molecule has 2 aliphatic heterocycles. The Morgan fingerprint density at radius 1 is 1.05 bits per heavy atom. The zero-order valence-electron chi connectivity index (χ0n) is 34.1. The molecule has 4 aromatic heterocycles. The van der Waals surface area contributed by atoms with Crippen molar-refractivity contribution in [3.8, 4) is 17.0 Å². The third-order valence-corrected chi connectivity index (χ3v) is 12.0. The van der Waals surface area contributed by atoms with Crippen LogP contribution < -0.4 is 25.6 Å². The second-order valence-corrected chi connectivity index (χ2v) is 16.5. The number of rotatable bonds is 15. The molecule has 4 N–H and O–H groups in total. The van der Waals surface area contributed by atoms with Crippen LogP contribution in [-0.4, -0.2) is 106 Å². The number of aromatic amines is 1. The Kier molecular flexibility index (Phi) is 12.0.